The van der Waals surface area contributed by atoms with Crippen molar-refractivity contribution in [2.75, 3.05) is 13.6 Å². The summed E-state index contributed by atoms with van der Waals surface area (Å²) in [5, 5.41) is 0. The number of fused-ring (bicyclic) bond motifs is 1. The van der Waals surface area contributed by atoms with E-state index in [0.29, 0.717) is 0 Å². The van der Waals surface area contributed by atoms with Crippen molar-refractivity contribution in [2.24, 2.45) is 7.05 Å². The first-order chi connectivity index (χ1) is 8.61. The lowest BCUT2D eigenvalue weighted by molar-refractivity contribution is 0.342. The topological polar surface area (TPSA) is 21.1 Å². The highest BCUT2D eigenvalue weighted by molar-refractivity contribution is 5.75. The van der Waals surface area contributed by atoms with Gasteiger partial charge >= 0.3 is 0 Å². The molecule has 0 atom stereocenters. The van der Waals surface area contributed by atoms with Crippen LogP contribution in [0.2, 0.25) is 0 Å². The van der Waals surface area contributed by atoms with E-state index in [-0.39, 0.29) is 0 Å². The van der Waals surface area contributed by atoms with Crippen LogP contribution in [0.4, 0.5) is 0 Å². The van der Waals surface area contributed by atoms with Gasteiger partial charge < -0.3 is 4.57 Å². The van der Waals surface area contributed by atoms with E-state index in [9.17, 15) is 0 Å². The number of imidazole rings is 1. The van der Waals surface area contributed by atoms with Crippen LogP contribution in [-0.4, -0.2) is 28.0 Å². The molecule has 0 fully saturated rings. The van der Waals surface area contributed by atoms with E-state index in [1.807, 2.05) is 6.07 Å². The predicted octanol–water partition coefficient (Wildman–Crippen LogP) is 2.97. The second kappa shape index (κ2) is 5.36. The van der Waals surface area contributed by atoms with Crippen molar-refractivity contribution in [3.8, 4) is 0 Å². The Bertz CT molecular complexity index is 566. The van der Waals surface area contributed by atoms with Gasteiger partial charge in [0, 0.05) is 13.6 Å². The number of aryl methyl sites for hydroxylation is 1. The average Bonchev–Trinajstić information content (AvgIpc) is 2.66. The molecule has 1 aromatic carbocycles. The number of hydrogen-bond donors (Lipinski definition) is 0. The van der Waals surface area contributed by atoms with E-state index in [1.165, 1.54) is 11.1 Å². The van der Waals surface area contributed by atoms with E-state index in [4.69, 9.17) is 0 Å². The first kappa shape index (κ1) is 12.8. The zero-order valence-electron chi connectivity index (χ0n) is 11.6. The predicted molar refractivity (Wildman–Crippen MR) is 76.5 cm³/mol. The molecule has 0 radical (unpaired) electrons. The van der Waals surface area contributed by atoms with E-state index in [0.717, 1.165) is 24.4 Å². The van der Waals surface area contributed by atoms with Gasteiger partial charge in [-0.15, -0.1) is 0 Å². The summed E-state index contributed by atoms with van der Waals surface area (Å²) in [6.07, 6.45) is 2.16. The lowest BCUT2D eigenvalue weighted by atomic mass is 10.3. The van der Waals surface area contributed by atoms with Gasteiger partial charge in [-0.2, -0.15) is 0 Å². The minimum absolute atomic E-state index is 0.871. The van der Waals surface area contributed by atoms with E-state index < -0.39 is 0 Å². The number of rotatable bonds is 4. The zero-order chi connectivity index (χ0) is 13.1. The Hall–Kier alpha value is -1.61. The molecule has 0 saturated heterocycles. The molecule has 0 bridgehead atoms. The molecule has 1 heterocycles. The summed E-state index contributed by atoms with van der Waals surface area (Å²) in [6.45, 7) is 6.10. The lowest BCUT2D eigenvalue weighted by Gasteiger charge is -2.16. The fraction of sp³-hybridized carbons (Fsp3) is 0.400. The van der Waals surface area contributed by atoms with Crippen molar-refractivity contribution in [2.45, 2.75) is 20.4 Å². The van der Waals surface area contributed by atoms with Crippen LogP contribution in [0.1, 0.15) is 19.7 Å². The molecule has 2 rings (SSSR count). The highest BCUT2D eigenvalue weighted by Gasteiger charge is 2.09. The maximum atomic E-state index is 4.69. The molecule has 0 amide bonds. The molecule has 3 nitrogen and oxygen atoms in total. The quantitative estimate of drug-likeness (QED) is 0.770. The van der Waals surface area contributed by atoms with Crippen molar-refractivity contribution in [1.82, 2.24) is 14.5 Å². The molecular weight excluding hydrogens is 222 g/mol. The van der Waals surface area contributed by atoms with Gasteiger partial charge in [0.2, 0.25) is 0 Å². The van der Waals surface area contributed by atoms with Crippen LogP contribution in [0.3, 0.4) is 0 Å². The van der Waals surface area contributed by atoms with Gasteiger partial charge in [-0.25, -0.2) is 4.98 Å². The van der Waals surface area contributed by atoms with E-state index in [1.54, 1.807) is 0 Å². The summed E-state index contributed by atoms with van der Waals surface area (Å²) in [6, 6.07) is 8.27. The number of aromatic nitrogens is 2. The standard InChI is InChI=1S/C15H21N3/c1-5-12(2)10-17(3)11-15-16-13-8-6-7-9-14(13)18(15)4/h5-9H,10-11H2,1-4H3/b12-5+. The second-order valence-corrected chi connectivity index (χ2v) is 4.88. The largest absolute Gasteiger partial charge is 0.330 e. The summed E-state index contributed by atoms with van der Waals surface area (Å²) in [5.74, 6) is 1.11. The first-order valence-electron chi connectivity index (χ1n) is 6.32. The van der Waals surface area contributed by atoms with Crippen molar-refractivity contribution in [1.29, 1.82) is 0 Å². The molecule has 0 aliphatic carbocycles. The smallest absolute Gasteiger partial charge is 0.123 e. The van der Waals surface area contributed by atoms with Crippen molar-refractivity contribution >= 4 is 11.0 Å². The highest BCUT2D eigenvalue weighted by atomic mass is 15.2. The van der Waals surface area contributed by atoms with Crippen LogP contribution in [0.15, 0.2) is 35.9 Å². The maximum absolute atomic E-state index is 4.69. The lowest BCUT2D eigenvalue weighted by Crippen LogP contribution is -2.21. The van der Waals surface area contributed by atoms with Crippen LogP contribution >= 0.6 is 0 Å². The third-order valence-corrected chi connectivity index (χ3v) is 3.30. The van der Waals surface area contributed by atoms with Gasteiger partial charge in [-0.05, 0) is 33.0 Å². The number of para-hydroxylation sites is 2. The van der Waals surface area contributed by atoms with Crippen LogP contribution in [-0.2, 0) is 13.6 Å². The minimum atomic E-state index is 0.871. The second-order valence-electron chi connectivity index (χ2n) is 4.88. The Labute approximate surface area is 109 Å². The van der Waals surface area contributed by atoms with Gasteiger partial charge in [0.25, 0.3) is 0 Å². The highest BCUT2D eigenvalue weighted by Crippen LogP contribution is 2.15. The number of likely N-dealkylation sites (N-methyl/N-ethyl adjacent to an activating group) is 1. The molecule has 0 aliphatic rings. The average molecular weight is 243 g/mol. The van der Waals surface area contributed by atoms with Crippen LogP contribution < -0.4 is 0 Å². The Morgan fingerprint density at radius 2 is 2.11 bits per heavy atom. The SMILES string of the molecule is C/C=C(\C)CN(C)Cc1nc2ccccc2n1C. The summed E-state index contributed by atoms with van der Waals surface area (Å²) in [4.78, 5) is 6.98. The minimum Gasteiger partial charge on any atom is -0.330 e. The molecule has 96 valence electrons. The molecular formula is C15H21N3. The summed E-state index contributed by atoms with van der Waals surface area (Å²) >= 11 is 0. The van der Waals surface area contributed by atoms with E-state index >= 15 is 0 Å². The monoisotopic (exact) mass is 243 g/mol. The summed E-state index contributed by atoms with van der Waals surface area (Å²) in [7, 11) is 4.22. The molecule has 2 aromatic rings. The Kier molecular flexibility index (Phi) is 3.82. The Morgan fingerprint density at radius 1 is 1.39 bits per heavy atom. The number of benzene rings is 1. The normalized spacial score (nSPS) is 12.6. The molecule has 1 aromatic heterocycles. The first-order valence-corrected chi connectivity index (χ1v) is 6.32. The molecule has 0 spiro atoms. The molecule has 3 heteroatoms. The van der Waals surface area contributed by atoms with Crippen LogP contribution in [0.25, 0.3) is 11.0 Å². The summed E-state index contributed by atoms with van der Waals surface area (Å²) in [5.41, 5.74) is 3.66. The molecule has 0 saturated carbocycles. The molecule has 18 heavy (non-hydrogen) atoms. The fourth-order valence-corrected chi connectivity index (χ4v) is 2.15. The molecule has 0 N–H and O–H groups in total. The summed E-state index contributed by atoms with van der Waals surface area (Å²) < 4.78 is 2.18. The van der Waals surface area contributed by atoms with Gasteiger partial charge in [0.05, 0.1) is 17.6 Å². The molecule has 0 unspecified atom stereocenters. The Morgan fingerprint density at radius 3 is 2.78 bits per heavy atom. The number of nitrogens with zero attached hydrogens (tertiary/aromatic N) is 3. The van der Waals surface area contributed by atoms with Crippen LogP contribution in [0, 0.1) is 0 Å². The van der Waals surface area contributed by atoms with Crippen molar-refractivity contribution in [3.63, 3.8) is 0 Å². The van der Waals surface area contributed by atoms with Gasteiger partial charge in [0.15, 0.2) is 0 Å². The van der Waals surface area contributed by atoms with Gasteiger partial charge in [0.1, 0.15) is 5.82 Å². The maximum Gasteiger partial charge on any atom is 0.123 e. The van der Waals surface area contributed by atoms with Crippen molar-refractivity contribution < 1.29 is 0 Å². The zero-order valence-corrected chi connectivity index (χ0v) is 11.6. The Balaban J connectivity index is 2.19. The van der Waals surface area contributed by atoms with Gasteiger partial charge in [-0.3, -0.25) is 4.90 Å². The van der Waals surface area contributed by atoms with Gasteiger partial charge in [-0.1, -0.05) is 23.8 Å². The molecule has 0 aliphatic heterocycles. The fourth-order valence-electron chi connectivity index (χ4n) is 2.15. The third kappa shape index (κ3) is 2.62. The third-order valence-electron chi connectivity index (χ3n) is 3.30. The van der Waals surface area contributed by atoms with Crippen molar-refractivity contribution in [3.05, 3.63) is 41.7 Å². The number of hydrogen-bond acceptors (Lipinski definition) is 2. The van der Waals surface area contributed by atoms with Crippen LogP contribution in [0.5, 0.6) is 0 Å². The number of allylic oxidation sites excluding steroid dienone is 1. The van der Waals surface area contributed by atoms with E-state index in [2.05, 4.69) is 66.7 Å².